The molecule has 0 radical (unpaired) electrons. The van der Waals surface area contributed by atoms with Crippen molar-refractivity contribution in [1.82, 2.24) is 4.98 Å². The van der Waals surface area contributed by atoms with Gasteiger partial charge in [-0.3, -0.25) is 4.79 Å². The average Bonchev–Trinajstić information content (AvgIpc) is 3.24. The number of fused-ring (bicyclic) bond motifs is 2. The topological polar surface area (TPSA) is 63.4 Å². The molecule has 1 fully saturated rings. The summed E-state index contributed by atoms with van der Waals surface area (Å²) < 4.78 is 73.9. The summed E-state index contributed by atoms with van der Waals surface area (Å²) in [5, 5.41) is 3.01. The molecule has 2 N–H and O–H groups in total. The summed E-state index contributed by atoms with van der Waals surface area (Å²) >= 11 is 0. The fourth-order valence-corrected chi connectivity index (χ4v) is 3.63. The predicted molar refractivity (Wildman–Crippen MR) is 97.6 cm³/mol. The van der Waals surface area contributed by atoms with E-state index < -0.39 is 23.6 Å². The molecule has 1 aromatic heterocycles. The number of anilines is 1. The molecule has 10 heteroatoms. The molecular weight excluding hydrogens is 411 g/mol. The summed E-state index contributed by atoms with van der Waals surface area (Å²) in [6.45, 7) is 0. The summed E-state index contributed by atoms with van der Waals surface area (Å²) in [6, 6.07) is 9.55. The Balaban J connectivity index is 0.00000231. The minimum atomic E-state index is -4.50. The zero-order chi connectivity index (χ0) is 21.3. The molecule has 0 unspecified atom stereocenters. The maximum absolute atomic E-state index is 13.2. The van der Waals surface area contributed by atoms with Crippen LogP contribution in [-0.2, 0) is 16.4 Å². The van der Waals surface area contributed by atoms with Gasteiger partial charge in [0.25, 0.3) is 0 Å². The lowest BCUT2D eigenvalue weighted by atomic mass is 9.94. The minimum absolute atomic E-state index is 0. The van der Waals surface area contributed by atoms with Crippen LogP contribution in [0.25, 0.3) is 10.9 Å². The number of aromatic nitrogens is 1. The first-order valence-electron chi connectivity index (χ1n) is 8.98. The summed E-state index contributed by atoms with van der Waals surface area (Å²) in [7, 11) is 0. The van der Waals surface area contributed by atoms with Crippen LogP contribution < -0.4 is 14.8 Å². The molecule has 5 rings (SSSR count). The van der Waals surface area contributed by atoms with Gasteiger partial charge in [-0.15, -0.1) is 8.78 Å². The van der Waals surface area contributed by atoms with Crippen LogP contribution in [0.1, 0.15) is 25.5 Å². The number of nitrogens with one attached hydrogen (secondary N) is 2. The summed E-state index contributed by atoms with van der Waals surface area (Å²) in [6.07, 6.45) is -7.25. The molecule has 5 nitrogen and oxygen atoms in total. The molecule has 0 atom stereocenters. The van der Waals surface area contributed by atoms with E-state index in [0.29, 0.717) is 29.5 Å². The van der Waals surface area contributed by atoms with E-state index in [0.717, 1.165) is 6.07 Å². The van der Waals surface area contributed by atoms with E-state index in [-0.39, 0.29) is 24.3 Å². The monoisotopic (exact) mass is 426 g/mol. The number of aromatic amines is 1. The highest BCUT2D eigenvalue weighted by atomic mass is 19.4. The molecule has 158 valence electrons. The Morgan fingerprint density at radius 1 is 1.03 bits per heavy atom. The van der Waals surface area contributed by atoms with Crippen LogP contribution in [0.5, 0.6) is 11.5 Å². The number of halogens is 5. The zero-order valence-electron chi connectivity index (χ0n) is 15.1. The van der Waals surface area contributed by atoms with Crippen molar-refractivity contribution < 1.29 is 37.6 Å². The van der Waals surface area contributed by atoms with Gasteiger partial charge in [-0.1, -0.05) is 6.07 Å². The van der Waals surface area contributed by atoms with Gasteiger partial charge < -0.3 is 19.8 Å². The maximum atomic E-state index is 13.2. The first-order valence-corrected chi connectivity index (χ1v) is 8.98. The molecule has 1 aliphatic heterocycles. The largest absolute Gasteiger partial charge is 0.586 e. The maximum Gasteiger partial charge on any atom is 0.586 e. The van der Waals surface area contributed by atoms with Crippen LogP contribution in [0.2, 0.25) is 0 Å². The summed E-state index contributed by atoms with van der Waals surface area (Å²) in [4.78, 5) is 15.2. The van der Waals surface area contributed by atoms with Gasteiger partial charge in [0.15, 0.2) is 11.5 Å². The van der Waals surface area contributed by atoms with Crippen LogP contribution >= 0.6 is 0 Å². The number of hydrogen-bond acceptors (Lipinski definition) is 3. The number of hydrogen-bond donors (Lipinski definition) is 2. The first kappa shape index (κ1) is 18.7. The Bertz CT molecular complexity index is 1190. The lowest BCUT2D eigenvalue weighted by Gasteiger charge is -2.16. The van der Waals surface area contributed by atoms with Crippen LogP contribution in [-0.4, -0.2) is 17.2 Å². The van der Waals surface area contributed by atoms with Gasteiger partial charge in [0.05, 0.1) is 5.41 Å². The quantitative estimate of drug-likeness (QED) is 0.550. The SMILES string of the molecule is O=C(Nc1ccc2[nH]c(C(F)(F)F)cc2c1)C1(c2ccc3c(c2)OC(F)(F)O3)CC1.[HH]. The number of benzene rings is 2. The Morgan fingerprint density at radius 2 is 1.77 bits per heavy atom. The highest BCUT2D eigenvalue weighted by Crippen LogP contribution is 2.52. The van der Waals surface area contributed by atoms with E-state index in [9.17, 15) is 26.7 Å². The van der Waals surface area contributed by atoms with E-state index in [1.165, 1.54) is 36.4 Å². The standard InChI is InChI=1S/C20H13F5N2O3.H2/c21-19(22,23)16-8-10-7-12(2-3-13(10)27-16)26-17(28)18(5-6-18)11-1-4-14-15(9-11)30-20(24,25)29-14;/h1-4,7-9,27H,5-6H2,(H,26,28);1H. The van der Waals surface area contributed by atoms with Gasteiger partial charge >= 0.3 is 12.5 Å². The molecule has 2 aliphatic rings. The number of ether oxygens (including phenoxy) is 2. The van der Waals surface area contributed by atoms with Crippen LogP contribution in [0.4, 0.5) is 27.6 Å². The predicted octanol–water partition coefficient (Wildman–Crippen LogP) is 5.42. The molecule has 1 aliphatic carbocycles. The van der Waals surface area contributed by atoms with Gasteiger partial charge in [0, 0.05) is 18.0 Å². The molecule has 0 spiro atoms. The van der Waals surface area contributed by atoms with Crippen LogP contribution in [0.3, 0.4) is 0 Å². The second kappa shape index (κ2) is 5.87. The van der Waals surface area contributed by atoms with Crippen molar-refractivity contribution in [3.8, 4) is 11.5 Å². The van der Waals surface area contributed by atoms with E-state index in [1.54, 1.807) is 0 Å². The lowest BCUT2D eigenvalue weighted by Crippen LogP contribution is -2.27. The van der Waals surface area contributed by atoms with Crippen molar-refractivity contribution in [1.29, 1.82) is 0 Å². The number of alkyl halides is 5. The fourth-order valence-electron chi connectivity index (χ4n) is 3.63. The second-order valence-electron chi connectivity index (χ2n) is 7.35. The Hall–Kier alpha value is -3.30. The number of rotatable bonds is 3. The molecule has 2 aromatic carbocycles. The van der Waals surface area contributed by atoms with E-state index in [1.807, 2.05) is 0 Å². The Kier molecular flexibility index (Phi) is 3.66. The van der Waals surface area contributed by atoms with Gasteiger partial charge in [0.1, 0.15) is 5.69 Å². The van der Waals surface area contributed by atoms with E-state index in [2.05, 4.69) is 19.8 Å². The van der Waals surface area contributed by atoms with Crippen molar-refractivity contribution in [3.05, 3.63) is 53.7 Å². The molecular formula is C20H15F5N2O3. The summed E-state index contributed by atoms with van der Waals surface area (Å²) in [5.41, 5.74) is -0.670. The molecule has 2 heterocycles. The average molecular weight is 426 g/mol. The highest BCUT2D eigenvalue weighted by molar-refractivity contribution is 6.02. The molecule has 0 saturated heterocycles. The number of carbonyl (C=O) groups excluding carboxylic acids is 1. The van der Waals surface area contributed by atoms with E-state index in [4.69, 9.17) is 0 Å². The van der Waals surface area contributed by atoms with Gasteiger partial charge in [0.2, 0.25) is 5.91 Å². The third kappa shape index (κ3) is 3.03. The Labute approximate surface area is 167 Å². The number of amides is 1. The van der Waals surface area contributed by atoms with Gasteiger partial charge in [-0.25, -0.2) is 0 Å². The van der Waals surface area contributed by atoms with Crippen molar-refractivity contribution in [2.24, 2.45) is 0 Å². The fraction of sp³-hybridized carbons (Fsp3) is 0.250. The minimum Gasteiger partial charge on any atom is -0.395 e. The van der Waals surface area contributed by atoms with Gasteiger partial charge in [-0.05, 0) is 54.8 Å². The van der Waals surface area contributed by atoms with Gasteiger partial charge in [-0.2, -0.15) is 13.2 Å². The van der Waals surface area contributed by atoms with Crippen molar-refractivity contribution in [2.45, 2.75) is 30.7 Å². The third-order valence-corrected chi connectivity index (χ3v) is 5.32. The normalized spacial score (nSPS) is 18.4. The zero-order valence-corrected chi connectivity index (χ0v) is 15.1. The highest BCUT2D eigenvalue weighted by Gasteiger charge is 2.52. The lowest BCUT2D eigenvalue weighted by molar-refractivity contribution is -0.286. The van der Waals surface area contributed by atoms with E-state index >= 15 is 0 Å². The molecule has 0 bridgehead atoms. The van der Waals surface area contributed by atoms with Crippen LogP contribution in [0.15, 0.2) is 42.5 Å². The molecule has 1 amide bonds. The number of H-pyrrole nitrogens is 1. The molecule has 30 heavy (non-hydrogen) atoms. The molecule has 1 saturated carbocycles. The molecule has 3 aromatic rings. The van der Waals surface area contributed by atoms with Crippen LogP contribution in [0, 0.1) is 0 Å². The number of carbonyl (C=O) groups is 1. The third-order valence-electron chi connectivity index (χ3n) is 5.32. The second-order valence-corrected chi connectivity index (χ2v) is 7.35. The Morgan fingerprint density at radius 3 is 2.47 bits per heavy atom. The first-order chi connectivity index (χ1) is 14.1. The smallest absolute Gasteiger partial charge is 0.395 e. The van der Waals surface area contributed by atoms with Crippen molar-refractivity contribution >= 4 is 22.5 Å². The van der Waals surface area contributed by atoms with Crippen molar-refractivity contribution in [3.63, 3.8) is 0 Å². The summed E-state index contributed by atoms with van der Waals surface area (Å²) in [5.74, 6) is -0.637. The van der Waals surface area contributed by atoms with Crippen molar-refractivity contribution in [2.75, 3.05) is 5.32 Å².